The highest BCUT2D eigenvalue weighted by Crippen LogP contribution is 2.20. The number of aromatic nitrogens is 5. The molecule has 0 unspecified atom stereocenters. The Morgan fingerprint density at radius 2 is 1.54 bits per heavy atom. The molecule has 3 aromatic heterocycles. The van der Waals surface area contributed by atoms with Gasteiger partial charge in [0.15, 0.2) is 5.82 Å². The average Bonchev–Trinajstić information content (AvgIpc) is 3.01. The number of rotatable bonds is 3. The largest absolute Gasteiger partial charge is 0.353 e. The van der Waals surface area contributed by atoms with Crippen LogP contribution in [0.5, 0.6) is 0 Å². The SMILES string of the molecule is Cc1cc(C)n(-c2cc(N3CCN(c4ccc(Br)cn4)CC3)ncn2)n1. The zero-order valence-corrected chi connectivity index (χ0v) is 16.4. The van der Waals surface area contributed by atoms with E-state index in [2.05, 4.69) is 45.8 Å². The first-order valence-electron chi connectivity index (χ1n) is 8.57. The molecule has 134 valence electrons. The summed E-state index contributed by atoms with van der Waals surface area (Å²) in [7, 11) is 0. The zero-order valence-electron chi connectivity index (χ0n) is 14.8. The molecule has 3 aromatic rings. The molecular formula is C18H20BrN7. The molecule has 1 fully saturated rings. The van der Waals surface area contributed by atoms with E-state index in [1.807, 2.05) is 49.0 Å². The summed E-state index contributed by atoms with van der Waals surface area (Å²) in [6, 6.07) is 8.13. The highest BCUT2D eigenvalue weighted by atomic mass is 79.9. The van der Waals surface area contributed by atoms with Gasteiger partial charge in [0.1, 0.15) is 18.0 Å². The van der Waals surface area contributed by atoms with Crippen molar-refractivity contribution < 1.29 is 0 Å². The average molecular weight is 414 g/mol. The van der Waals surface area contributed by atoms with E-state index < -0.39 is 0 Å². The van der Waals surface area contributed by atoms with Crippen molar-refractivity contribution in [3.8, 4) is 5.82 Å². The van der Waals surface area contributed by atoms with Crippen molar-refractivity contribution in [1.82, 2.24) is 24.7 Å². The molecule has 0 amide bonds. The van der Waals surface area contributed by atoms with Crippen LogP contribution in [0.15, 0.2) is 41.3 Å². The number of hydrogen-bond donors (Lipinski definition) is 0. The third-order valence-corrected chi connectivity index (χ3v) is 4.97. The van der Waals surface area contributed by atoms with Gasteiger partial charge in [0.25, 0.3) is 0 Å². The van der Waals surface area contributed by atoms with E-state index in [1.54, 1.807) is 6.33 Å². The number of hydrogen-bond acceptors (Lipinski definition) is 6. The second-order valence-corrected chi connectivity index (χ2v) is 7.30. The summed E-state index contributed by atoms with van der Waals surface area (Å²) in [5.41, 5.74) is 2.05. The van der Waals surface area contributed by atoms with E-state index in [9.17, 15) is 0 Å². The van der Waals surface area contributed by atoms with Crippen molar-refractivity contribution in [2.75, 3.05) is 36.0 Å². The lowest BCUT2D eigenvalue weighted by atomic mass is 10.3. The van der Waals surface area contributed by atoms with E-state index in [1.165, 1.54) is 0 Å². The Morgan fingerprint density at radius 1 is 0.846 bits per heavy atom. The van der Waals surface area contributed by atoms with Gasteiger partial charge in [0.2, 0.25) is 0 Å². The summed E-state index contributed by atoms with van der Waals surface area (Å²) in [6.45, 7) is 7.63. The van der Waals surface area contributed by atoms with Crippen molar-refractivity contribution in [3.63, 3.8) is 0 Å². The van der Waals surface area contributed by atoms with Crippen molar-refractivity contribution in [2.24, 2.45) is 0 Å². The van der Waals surface area contributed by atoms with Crippen LogP contribution in [0.2, 0.25) is 0 Å². The van der Waals surface area contributed by atoms with Crippen LogP contribution < -0.4 is 9.80 Å². The fourth-order valence-corrected chi connectivity index (χ4v) is 3.44. The van der Waals surface area contributed by atoms with Gasteiger partial charge in [-0.25, -0.2) is 19.6 Å². The Balaban J connectivity index is 1.48. The number of pyridine rings is 1. The Labute approximate surface area is 160 Å². The minimum atomic E-state index is 0.803. The Hall–Kier alpha value is -2.48. The lowest BCUT2D eigenvalue weighted by molar-refractivity contribution is 0.640. The second kappa shape index (κ2) is 7.03. The standard InChI is InChI=1S/C18H20BrN7/c1-13-9-14(2)26(23-13)18-10-17(21-12-22-18)25-7-5-24(6-8-25)16-4-3-15(19)11-20-16/h3-4,9-12H,5-8H2,1-2H3. The van der Waals surface area contributed by atoms with Crippen LogP contribution in [0.3, 0.4) is 0 Å². The number of piperazine rings is 1. The van der Waals surface area contributed by atoms with Crippen LogP contribution in [-0.2, 0) is 0 Å². The fourth-order valence-electron chi connectivity index (χ4n) is 3.21. The summed E-state index contributed by atoms with van der Waals surface area (Å²) in [6.07, 6.45) is 3.45. The summed E-state index contributed by atoms with van der Waals surface area (Å²) < 4.78 is 2.86. The molecule has 0 N–H and O–H groups in total. The lowest BCUT2D eigenvalue weighted by Gasteiger charge is -2.36. The van der Waals surface area contributed by atoms with Gasteiger partial charge >= 0.3 is 0 Å². The van der Waals surface area contributed by atoms with Crippen LogP contribution >= 0.6 is 15.9 Å². The number of aryl methyl sites for hydroxylation is 2. The van der Waals surface area contributed by atoms with Gasteiger partial charge in [0.05, 0.1) is 5.69 Å². The molecule has 7 nitrogen and oxygen atoms in total. The maximum Gasteiger partial charge on any atom is 0.159 e. The van der Waals surface area contributed by atoms with Crippen LogP contribution in [-0.4, -0.2) is 50.9 Å². The third-order valence-electron chi connectivity index (χ3n) is 4.50. The first-order valence-corrected chi connectivity index (χ1v) is 9.36. The van der Waals surface area contributed by atoms with Crippen molar-refractivity contribution in [1.29, 1.82) is 0 Å². The molecule has 0 aliphatic carbocycles. The van der Waals surface area contributed by atoms with Crippen LogP contribution in [0, 0.1) is 13.8 Å². The maximum absolute atomic E-state index is 4.51. The second-order valence-electron chi connectivity index (χ2n) is 6.38. The molecule has 4 rings (SSSR count). The molecule has 8 heteroatoms. The van der Waals surface area contributed by atoms with E-state index in [-0.39, 0.29) is 0 Å². The summed E-state index contributed by atoms with van der Waals surface area (Å²) in [5.74, 6) is 2.75. The molecule has 0 bridgehead atoms. The van der Waals surface area contributed by atoms with Gasteiger partial charge in [-0.05, 0) is 48.0 Å². The normalized spacial score (nSPS) is 14.7. The molecule has 4 heterocycles. The van der Waals surface area contributed by atoms with Crippen LogP contribution in [0.1, 0.15) is 11.4 Å². The summed E-state index contributed by atoms with van der Waals surface area (Å²) in [4.78, 5) is 17.9. The molecule has 1 aliphatic rings. The number of nitrogens with zero attached hydrogens (tertiary/aromatic N) is 7. The fraction of sp³-hybridized carbons (Fsp3) is 0.333. The van der Waals surface area contributed by atoms with Gasteiger partial charge < -0.3 is 9.80 Å². The van der Waals surface area contributed by atoms with Crippen molar-refractivity contribution in [2.45, 2.75) is 13.8 Å². The van der Waals surface area contributed by atoms with Crippen LogP contribution in [0.25, 0.3) is 5.82 Å². The topological polar surface area (TPSA) is 63.0 Å². The van der Waals surface area contributed by atoms with Crippen LogP contribution in [0.4, 0.5) is 11.6 Å². The van der Waals surface area contributed by atoms with Gasteiger partial charge in [-0.15, -0.1) is 0 Å². The van der Waals surface area contributed by atoms with Gasteiger partial charge in [-0.1, -0.05) is 0 Å². The van der Waals surface area contributed by atoms with Crippen molar-refractivity contribution >= 4 is 27.6 Å². The maximum atomic E-state index is 4.51. The van der Waals surface area contributed by atoms with Gasteiger partial charge in [-0.2, -0.15) is 5.10 Å². The highest BCUT2D eigenvalue weighted by Gasteiger charge is 2.20. The molecule has 26 heavy (non-hydrogen) atoms. The molecule has 0 radical (unpaired) electrons. The first-order chi connectivity index (χ1) is 12.6. The molecule has 0 atom stereocenters. The smallest absolute Gasteiger partial charge is 0.159 e. The predicted molar refractivity (Wildman–Crippen MR) is 105 cm³/mol. The van der Waals surface area contributed by atoms with E-state index in [4.69, 9.17) is 0 Å². The van der Waals surface area contributed by atoms with Crippen molar-refractivity contribution in [3.05, 3.63) is 52.7 Å². The van der Waals surface area contributed by atoms with E-state index >= 15 is 0 Å². The van der Waals surface area contributed by atoms with Gasteiger partial charge in [0, 0.05) is 48.6 Å². The number of halogens is 1. The Bertz CT molecular complexity index is 898. The lowest BCUT2D eigenvalue weighted by Crippen LogP contribution is -2.47. The quantitative estimate of drug-likeness (QED) is 0.657. The Kier molecular flexibility index (Phi) is 4.58. The van der Waals surface area contributed by atoms with E-state index in [0.717, 1.165) is 59.5 Å². The monoisotopic (exact) mass is 413 g/mol. The molecule has 0 spiro atoms. The molecule has 1 saturated heterocycles. The first kappa shape index (κ1) is 17.0. The zero-order chi connectivity index (χ0) is 18.1. The minimum absolute atomic E-state index is 0.803. The molecule has 1 aliphatic heterocycles. The Morgan fingerprint density at radius 3 is 2.15 bits per heavy atom. The summed E-state index contributed by atoms with van der Waals surface area (Å²) in [5, 5.41) is 4.51. The van der Waals surface area contributed by atoms with E-state index in [0.29, 0.717) is 0 Å². The van der Waals surface area contributed by atoms with Gasteiger partial charge in [-0.3, -0.25) is 0 Å². The molecular weight excluding hydrogens is 394 g/mol. The number of anilines is 2. The summed E-state index contributed by atoms with van der Waals surface area (Å²) >= 11 is 3.43. The highest BCUT2D eigenvalue weighted by molar-refractivity contribution is 9.10. The minimum Gasteiger partial charge on any atom is -0.353 e. The predicted octanol–water partition coefficient (Wildman–Crippen LogP) is 2.76. The third kappa shape index (κ3) is 3.41. The molecule has 0 saturated carbocycles. The molecule has 0 aromatic carbocycles.